The highest BCUT2D eigenvalue weighted by atomic mass is 16.5. The van der Waals surface area contributed by atoms with E-state index in [9.17, 15) is 4.79 Å². The van der Waals surface area contributed by atoms with Crippen LogP contribution in [0.25, 0.3) is 0 Å². The molecule has 40 heavy (non-hydrogen) atoms. The van der Waals surface area contributed by atoms with E-state index in [0.717, 1.165) is 12.8 Å². The van der Waals surface area contributed by atoms with Crippen molar-refractivity contribution >= 4 is 5.97 Å². The Balaban J connectivity index is 3.17. The standard InChI is InChI=1S/C38H74O2/c1-3-5-7-9-11-13-15-17-19-20-21-22-23-24-26-28-30-32-34-36-38(39)40-37-35-33-31-29-27-25-18-16-14-12-10-8-6-4-2/h14,16H,3-13,15,17-37H2,1-2H3/b16-14-. The average Bonchev–Trinajstić information content (AvgIpc) is 2.96. The molecule has 0 saturated heterocycles. The molecule has 0 heterocycles. The quantitative estimate of drug-likeness (QED) is 0.0443. The first-order valence-corrected chi connectivity index (χ1v) is 18.6. The van der Waals surface area contributed by atoms with Crippen LogP contribution < -0.4 is 0 Å². The maximum atomic E-state index is 11.9. The summed E-state index contributed by atoms with van der Waals surface area (Å²) in [5.74, 6) is 0.0217. The van der Waals surface area contributed by atoms with Crippen LogP contribution in [0.2, 0.25) is 0 Å². The van der Waals surface area contributed by atoms with Crippen LogP contribution in [-0.4, -0.2) is 12.6 Å². The summed E-state index contributed by atoms with van der Waals surface area (Å²) in [5.41, 5.74) is 0. The predicted molar refractivity (Wildman–Crippen MR) is 179 cm³/mol. The number of allylic oxidation sites excluding steroid dienone is 2. The molecule has 0 spiro atoms. The Kier molecular flexibility index (Phi) is 35.5. The molecule has 0 fully saturated rings. The molecule has 0 unspecified atom stereocenters. The van der Waals surface area contributed by atoms with Gasteiger partial charge in [0.05, 0.1) is 6.61 Å². The molecule has 2 nitrogen and oxygen atoms in total. The zero-order valence-electron chi connectivity index (χ0n) is 27.8. The molecule has 0 atom stereocenters. The molecule has 0 aromatic carbocycles. The minimum Gasteiger partial charge on any atom is -0.466 e. The largest absolute Gasteiger partial charge is 0.466 e. The third-order valence-corrected chi connectivity index (χ3v) is 8.40. The summed E-state index contributed by atoms with van der Waals surface area (Å²) < 4.78 is 5.44. The maximum absolute atomic E-state index is 11.9. The van der Waals surface area contributed by atoms with Crippen molar-refractivity contribution in [3.8, 4) is 0 Å². The van der Waals surface area contributed by atoms with E-state index >= 15 is 0 Å². The molecular weight excluding hydrogens is 488 g/mol. The van der Waals surface area contributed by atoms with E-state index < -0.39 is 0 Å². The summed E-state index contributed by atoms with van der Waals surface area (Å²) in [6, 6.07) is 0. The Labute approximate surface area is 253 Å². The lowest BCUT2D eigenvalue weighted by molar-refractivity contribution is -0.143. The van der Waals surface area contributed by atoms with Gasteiger partial charge in [-0.2, -0.15) is 0 Å². The van der Waals surface area contributed by atoms with Gasteiger partial charge < -0.3 is 4.74 Å². The highest BCUT2D eigenvalue weighted by Gasteiger charge is 2.02. The number of esters is 1. The normalized spacial score (nSPS) is 11.6. The van der Waals surface area contributed by atoms with Gasteiger partial charge in [0.25, 0.3) is 0 Å². The van der Waals surface area contributed by atoms with Crippen molar-refractivity contribution in [1.29, 1.82) is 0 Å². The molecule has 0 radical (unpaired) electrons. The van der Waals surface area contributed by atoms with Crippen LogP contribution in [0.3, 0.4) is 0 Å². The van der Waals surface area contributed by atoms with Gasteiger partial charge in [0, 0.05) is 6.42 Å². The topological polar surface area (TPSA) is 26.3 Å². The van der Waals surface area contributed by atoms with Crippen LogP contribution in [0.15, 0.2) is 12.2 Å². The monoisotopic (exact) mass is 563 g/mol. The molecule has 0 saturated carbocycles. The molecule has 0 aromatic heterocycles. The van der Waals surface area contributed by atoms with E-state index in [0.29, 0.717) is 13.0 Å². The number of hydrogen-bond donors (Lipinski definition) is 0. The van der Waals surface area contributed by atoms with Gasteiger partial charge >= 0.3 is 5.97 Å². The molecule has 238 valence electrons. The molecule has 0 bridgehead atoms. The second-order valence-corrected chi connectivity index (χ2v) is 12.6. The highest BCUT2D eigenvalue weighted by Crippen LogP contribution is 2.15. The summed E-state index contributed by atoms with van der Waals surface area (Å²) in [6.07, 6.45) is 47.1. The van der Waals surface area contributed by atoms with E-state index in [1.165, 1.54) is 186 Å². The van der Waals surface area contributed by atoms with Gasteiger partial charge in [-0.25, -0.2) is 0 Å². The molecule has 0 aromatic rings. The highest BCUT2D eigenvalue weighted by molar-refractivity contribution is 5.69. The van der Waals surface area contributed by atoms with Crippen molar-refractivity contribution in [2.45, 2.75) is 219 Å². The average molecular weight is 563 g/mol. The van der Waals surface area contributed by atoms with E-state index in [1.54, 1.807) is 0 Å². The van der Waals surface area contributed by atoms with Crippen molar-refractivity contribution in [2.24, 2.45) is 0 Å². The molecule has 0 aliphatic carbocycles. The second-order valence-electron chi connectivity index (χ2n) is 12.6. The summed E-state index contributed by atoms with van der Waals surface area (Å²) in [4.78, 5) is 11.9. The van der Waals surface area contributed by atoms with Crippen LogP contribution in [0, 0.1) is 0 Å². The van der Waals surface area contributed by atoms with Crippen LogP contribution in [0.4, 0.5) is 0 Å². The van der Waals surface area contributed by atoms with Gasteiger partial charge in [0.15, 0.2) is 0 Å². The van der Waals surface area contributed by atoms with Gasteiger partial charge in [0.1, 0.15) is 0 Å². The van der Waals surface area contributed by atoms with Crippen molar-refractivity contribution < 1.29 is 9.53 Å². The Bertz CT molecular complexity index is 498. The third kappa shape index (κ3) is 35.2. The lowest BCUT2D eigenvalue weighted by Crippen LogP contribution is -2.05. The summed E-state index contributed by atoms with van der Waals surface area (Å²) in [6.45, 7) is 5.19. The van der Waals surface area contributed by atoms with Crippen LogP contribution >= 0.6 is 0 Å². The molecule has 0 rings (SSSR count). The summed E-state index contributed by atoms with van der Waals surface area (Å²) in [5, 5.41) is 0. The first-order valence-electron chi connectivity index (χ1n) is 18.6. The van der Waals surface area contributed by atoms with Crippen LogP contribution in [-0.2, 0) is 9.53 Å². The van der Waals surface area contributed by atoms with Crippen molar-refractivity contribution in [2.75, 3.05) is 6.61 Å². The van der Waals surface area contributed by atoms with Crippen molar-refractivity contribution in [1.82, 2.24) is 0 Å². The van der Waals surface area contributed by atoms with E-state index in [1.807, 2.05) is 0 Å². The smallest absolute Gasteiger partial charge is 0.305 e. The summed E-state index contributed by atoms with van der Waals surface area (Å²) >= 11 is 0. The fourth-order valence-corrected chi connectivity index (χ4v) is 5.60. The Morgan fingerprint density at radius 1 is 0.400 bits per heavy atom. The molecule has 0 amide bonds. The van der Waals surface area contributed by atoms with Gasteiger partial charge in [-0.1, -0.05) is 187 Å². The first-order chi connectivity index (χ1) is 19.8. The van der Waals surface area contributed by atoms with Crippen LogP contribution in [0.5, 0.6) is 0 Å². The second kappa shape index (κ2) is 36.2. The zero-order valence-corrected chi connectivity index (χ0v) is 27.8. The minimum atomic E-state index is 0.0217. The number of ether oxygens (including phenoxy) is 1. The Hall–Kier alpha value is -0.790. The lowest BCUT2D eigenvalue weighted by Gasteiger charge is -2.05. The SMILES string of the molecule is CCCCCC/C=C\CCCCCCCCOC(=O)CCCCCCCCCCCCCCCCCCCCC. The minimum absolute atomic E-state index is 0.0217. The zero-order chi connectivity index (χ0) is 29.0. The first kappa shape index (κ1) is 39.2. The van der Waals surface area contributed by atoms with Gasteiger partial charge in [-0.05, 0) is 38.5 Å². The predicted octanol–water partition coefficient (Wildman–Crippen LogP) is 13.6. The summed E-state index contributed by atoms with van der Waals surface area (Å²) in [7, 11) is 0. The number of rotatable bonds is 34. The lowest BCUT2D eigenvalue weighted by atomic mass is 10.0. The molecule has 0 N–H and O–H groups in total. The van der Waals surface area contributed by atoms with E-state index in [2.05, 4.69) is 26.0 Å². The number of unbranched alkanes of at least 4 members (excludes halogenated alkanes) is 28. The fraction of sp³-hybridized carbons (Fsp3) is 0.921. The van der Waals surface area contributed by atoms with E-state index in [-0.39, 0.29) is 5.97 Å². The third-order valence-electron chi connectivity index (χ3n) is 8.40. The molecule has 2 heteroatoms. The van der Waals surface area contributed by atoms with Crippen molar-refractivity contribution in [3.63, 3.8) is 0 Å². The Morgan fingerprint density at radius 2 is 0.700 bits per heavy atom. The molecular formula is C38H74O2. The maximum Gasteiger partial charge on any atom is 0.305 e. The van der Waals surface area contributed by atoms with Gasteiger partial charge in [-0.3, -0.25) is 4.79 Å². The number of carbonyl (C=O) groups excluding carboxylic acids is 1. The fourth-order valence-electron chi connectivity index (χ4n) is 5.60. The molecule has 0 aliphatic heterocycles. The number of hydrogen-bond acceptors (Lipinski definition) is 2. The van der Waals surface area contributed by atoms with Gasteiger partial charge in [0.2, 0.25) is 0 Å². The van der Waals surface area contributed by atoms with E-state index in [4.69, 9.17) is 4.74 Å². The number of carbonyl (C=O) groups is 1. The van der Waals surface area contributed by atoms with Crippen molar-refractivity contribution in [3.05, 3.63) is 12.2 Å². The molecule has 0 aliphatic rings. The Morgan fingerprint density at radius 3 is 1.10 bits per heavy atom. The van der Waals surface area contributed by atoms with Gasteiger partial charge in [-0.15, -0.1) is 0 Å². The van der Waals surface area contributed by atoms with Crippen LogP contribution in [0.1, 0.15) is 219 Å².